The Balaban J connectivity index is 1.46. The van der Waals surface area contributed by atoms with Crippen LogP contribution in [0.2, 0.25) is 0 Å². The van der Waals surface area contributed by atoms with Crippen LogP contribution < -0.4 is 5.32 Å². The minimum Gasteiger partial charge on any atom is -0.306 e. The van der Waals surface area contributed by atoms with E-state index in [1.807, 2.05) is 58.9 Å². The quantitative estimate of drug-likeness (QED) is 0.426. The van der Waals surface area contributed by atoms with Crippen molar-refractivity contribution in [1.29, 1.82) is 0 Å². The maximum absolute atomic E-state index is 13.1. The summed E-state index contributed by atoms with van der Waals surface area (Å²) in [5.74, 6) is 2.40. The maximum atomic E-state index is 13.1. The van der Waals surface area contributed by atoms with Gasteiger partial charge in [0.1, 0.15) is 5.82 Å². The summed E-state index contributed by atoms with van der Waals surface area (Å²) in [5.41, 5.74) is 8.45. The number of aryl methyl sites for hydroxylation is 2. The van der Waals surface area contributed by atoms with Crippen molar-refractivity contribution in [3.63, 3.8) is 0 Å². The largest absolute Gasteiger partial charge is 0.306 e. The SMILES string of the molecule is Cc1ccc(-n2nc3c(c2NC(=O)c2ccc(-c4ccccc4)cc2)CSC3)cc1C. The predicted octanol–water partition coefficient (Wildman–Crippen LogP) is 6.16. The molecule has 1 aromatic heterocycles. The molecule has 4 nitrogen and oxygen atoms in total. The van der Waals surface area contributed by atoms with Crippen LogP contribution in [0.4, 0.5) is 5.82 Å². The van der Waals surface area contributed by atoms with Crippen LogP contribution in [0.15, 0.2) is 72.8 Å². The zero-order valence-corrected chi connectivity index (χ0v) is 18.4. The standard InChI is InChI=1S/C26H23N3OS/c1-17-8-13-22(14-18(17)2)29-25(23-15-31-16-24(23)28-29)27-26(30)21-11-9-20(10-12-21)19-6-4-3-5-7-19/h3-14H,15-16H2,1-2H3,(H,27,30). The summed E-state index contributed by atoms with van der Waals surface area (Å²) in [6, 6.07) is 24.2. The molecule has 0 fully saturated rings. The first-order valence-corrected chi connectivity index (χ1v) is 11.5. The van der Waals surface area contributed by atoms with E-state index in [2.05, 4.69) is 49.5 Å². The van der Waals surface area contributed by atoms with Gasteiger partial charge in [-0.15, -0.1) is 0 Å². The number of carbonyl (C=O) groups excluding carboxylic acids is 1. The number of nitrogens with one attached hydrogen (secondary N) is 1. The first-order chi connectivity index (χ1) is 15.1. The van der Waals surface area contributed by atoms with Crippen LogP contribution in [0.1, 0.15) is 32.7 Å². The summed E-state index contributed by atoms with van der Waals surface area (Å²) in [6.07, 6.45) is 0. The molecule has 0 saturated carbocycles. The van der Waals surface area contributed by atoms with E-state index in [0.717, 1.165) is 45.4 Å². The summed E-state index contributed by atoms with van der Waals surface area (Å²) < 4.78 is 1.88. The minimum atomic E-state index is -0.121. The number of nitrogens with zero attached hydrogens (tertiary/aromatic N) is 2. The molecule has 5 rings (SSSR count). The van der Waals surface area contributed by atoms with Crippen LogP contribution in [0.5, 0.6) is 0 Å². The summed E-state index contributed by atoms with van der Waals surface area (Å²) in [4.78, 5) is 13.1. The van der Waals surface area contributed by atoms with Gasteiger partial charge in [-0.05, 0) is 60.4 Å². The molecule has 2 heterocycles. The van der Waals surface area contributed by atoms with E-state index in [9.17, 15) is 4.79 Å². The first kappa shape index (κ1) is 19.6. The van der Waals surface area contributed by atoms with Crippen LogP contribution in [0, 0.1) is 13.8 Å². The molecule has 3 aromatic carbocycles. The summed E-state index contributed by atoms with van der Waals surface area (Å²) in [5, 5.41) is 7.96. The Hall–Kier alpha value is -3.31. The second-order valence-electron chi connectivity index (χ2n) is 7.84. The lowest BCUT2D eigenvalue weighted by Gasteiger charge is -2.13. The van der Waals surface area contributed by atoms with E-state index in [-0.39, 0.29) is 5.91 Å². The van der Waals surface area contributed by atoms with Gasteiger partial charge in [-0.25, -0.2) is 4.68 Å². The van der Waals surface area contributed by atoms with Crippen LogP contribution in [0.3, 0.4) is 0 Å². The number of benzene rings is 3. The number of thioether (sulfide) groups is 1. The van der Waals surface area contributed by atoms with Crippen molar-refractivity contribution >= 4 is 23.5 Å². The van der Waals surface area contributed by atoms with Crippen molar-refractivity contribution in [2.24, 2.45) is 0 Å². The summed E-state index contributed by atoms with van der Waals surface area (Å²) in [6.45, 7) is 4.19. The molecule has 0 saturated heterocycles. The van der Waals surface area contributed by atoms with Crippen molar-refractivity contribution in [3.8, 4) is 16.8 Å². The maximum Gasteiger partial charge on any atom is 0.256 e. The molecule has 1 amide bonds. The fraction of sp³-hybridized carbons (Fsp3) is 0.154. The fourth-order valence-corrected chi connectivity index (χ4v) is 4.84. The van der Waals surface area contributed by atoms with E-state index in [4.69, 9.17) is 5.10 Å². The molecular formula is C26H23N3OS. The molecule has 0 atom stereocenters. The number of hydrogen-bond acceptors (Lipinski definition) is 3. The van der Waals surface area contributed by atoms with E-state index in [1.54, 1.807) is 0 Å². The third kappa shape index (κ3) is 3.77. The highest BCUT2D eigenvalue weighted by molar-refractivity contribution is 7.98. The lowest BCUT2D eigenvalue weighted by molar-refractivity contribution is 0.102. The second-order valence-corrected chi connectivity index (χ2v) is 8.83. The molecular weight excluding hydrogens is 402 g/mol. The molecule has 0 bridgehead atoms. The third-order valence-electron chi connectivity index (χ3n) is 5.77. The zero-order valence-electron chi connectivity index (χ0n) is 17.6. The van der Waals surface area contributed by atoms with Crippen molar-refractivity contribution in [1.82, 2.24) is 9.78 Å². The van der Waals surface area contributed by atoms with Gasteiger partial charge in [0.05, 0.1) is 11.4 Å². The lowest BCUT2D eigenvalue weighted by Crippen LogP contribution is -2.16. The lowest BCUT2D eigenvalue weighted by atomic mass is 10.0. The number of hydrogen-bond donors (Lipinski definition) is 1. The van der Waals surface area contributed by atoms with Crippen molar-refractivity contribution in [3.05, 3.63) is 101 Å². The average molecular weight is 426 g/mol. The molecule has 31 heavy (non-hydrogen) atoms. The van der Waals surface area contributed by atoms with E-state index >= 15 is 0 Å². The molecule has 5 heteroatoms. The first-order valence-electron chi connectivity index (χ1n) is 10.3. The molecule has 154 valence electrons. The highest BCUT2D eigenvalue weighted by Gasteiger charge is 2.25. The van der Waals surface area contributed by atoms with E-state index < -0.39 is 0 Å². The smallest absolute Gasteiger partial charge is 0.256 e. The number of aromatic nitrogens is 2. The molecule has 0 unspecified atom stereocenters. The monoisotopic (exact) mass is 425 g/mol. The normalized spacial score (nSPS) is 12.6. The van der Waals surface area contributed by atoms with Gasteiger partial charge in [0, 0.05) is 22.6 Å². The van der Waals surface area contributed by atoms with Crippen LogP contribution in [-0.2, 0) is 11.5 Å². The van der Waals surface area contributed by atoms with Gasteiger partial charge >= 0.3 is 0 Å². The third-order valence-corrected chi connectivity index (χ3v) is 6.74. The number of amides is 1. The molecule has 1 N–H and O–H groups in total. The van der Waals surface area contributed by atoms with Crippen molar-refractivity contribution in [2.75, 3.05) is 5.32 Å². The van der Waals surface area contributed by atoms with E-state index in [1.165, 1.54) is 11.1 Å². The highest BCUT2D eigenvalue weighted by Crippen LogP contribution is 2.36. The van der Waals surface area contributed by atoms with E-state index in [0.29, 0.717) is 5.56 Å². The van der Waals surface area contributed by atoms with Crippen LogP contribution in [0.25, 0.3) is 16.8 Å². The van der Waals surface area contributed by atoms with Gasteiger partial charge in [-0.3, -0.25) is 4.79 Å². The van der Waals surface area contributed by atoms with Crippen LogP contribution >= 0.6 is 11.8 Å². The van der Waals surface area contributed by atoms with Crippen molar-refractivity contribution < 1.29 is 4.79 Å². The Morgan fingerprint density at radius 1 is 0.903 bits per heavy atom. The Bertz CT molecular complexity index is 1260. The molecule has 0 radical (unpaired) electrons. The zero-order chi connectivity index (χ0) is 21.4. The van der Waals surface area contributed by atoms with Gasteiger partial charge in [0.2, 0.25) is 0 Å². The predicted molar refractivity (Wildman–Crippen MR) is 128 cm³/mol. The molecule has 1 aliphatic rings. The highest BCUT2D eigenvalue weighted by atomic mass is 32.2. The summed E-state index contributed by atoms with van der Waals surface area (Å²) in [7, 11) is 0. The molecule has 0 aliphatic carbocycles. The Kier molecular flexibility index (Phi) is 5.12. The topological polar surface area (TPSA) is 46.9 Å². The summed E-state index contributed by atoms with van der Waals surface area (Å²) >= 11 is 1.83. The Morgan fingerprint density at radius 3 is 2.39 bits per heavy atom. The van der Waals surface area contributed by atoms with Gasteiger partial charge in [-0.1, -0.05) is 48.5 Å². The number of anilines is 1. The number of fused-ring (bicyclic) bond motifs is 1. The van der Waals surface area contributed by atoms with Crippen molar-refractivity contribution in [2.45, 2.75) is 25.4 Å². The second kappa shape index (κ2) is 8.08. The molecule has 0 spiro atoms. The Morgan fingerprint density at radius 2 is 1.65 bits per heavy atom. The van der Waals surface area contributed by atoms with Crippen LogP contribution in [-0.4, -0.2) is 15.7 Å². The van der Waals surface area contributed by atoms with Gasteiger partial charge in [-0.2, -0.15) is 16.9 Å². The number of rotatable bonds is 4. The van der Waals surface area contributed by atoms with Gasteiger partial charge in [0.15, 0.2) is 0 Å². The van der Waals surface area contributed by atoms with Gasteiger partial charge in [0.25, 0.3) is 5.91 Å². The number of carbonyl (C=O) groups is 1. The molecule has 4 aromatic rings. The van der Waals surface area contributed by atoms with Gasteiger partial charge < -0.3 is 5.32 Å². The average Bonchev–Trinajstić information content (AvgIpc) is 3.39. The molecule has 1 aliphatic heterocycles. The fourth-order valence-electron chi connectivity index (χ4n) is 3.81. The Labute approximate surface area is 186 Å². The minimum absolute atomic E-state index is 0.121.